The predicted molar refractivity (Wildman–Crippen MR) is 62.1 cm³/mol. The van der Waals surface area contributed by atoms with Crippen molar-refractivity contribution in [2.24, 2.45) is 5.92 Å². The fraction of sp³-hybridized carbons (Fsp3) is 0.538. The van der Waals surface area contributed by atoms with Crippen LogP contribution in [-0.4, -0.2) is 18.2 Å². The third kappa shape index (κ3) is 2.72. The summed E-state index contributed by atoms with van der Waals surface area (Å²) in [6, 6.07) is 5.88. The van der Waals surface area contributed by atoms with Gasteiger partial charge in [-0.15, -0.1) is 0 Å². The van der Waals surface area contributed by atoms with E-state index in [1.54, 1.807) is 0 Å². The van der Waals surface area contributed by atoms with Crippen molar-refractivity contribution in [2.75, 3.05) is 13.1 Å². The fourth-order valence-corrected chi connectivity index (χ4v) is 2.27. The first-order valence-corrected chi connectivity index (χ1v) is 5.75. The summed E-state index contributed by atoms with van der Waals surface area (Å²) in [5.41, 5.74) is 2.35. The Hall–Kier alpha value is -1.02. The summed E-state index contributed by atoms with van der Waals surface area (Å²) >= 11 is 0. The number of nitrogens with one attached hydrogen (secondary N) is 1. The molecule has 1 aromatic carbocycles. The van der Waals surface area contributed by atoms with Crippen LogP contribution in [0.2, 0.25) is 0 Å². The quantitative estimate of drug-likeness (QED) is 0.776. The topological polar surface area (TPSA) is 32.3 Å². The van der Waals surface area contributed by atoms with Gasteiger partial charge in [0.2, 0.25) is 0 Å². The van der Waals surface area contributed by atoms with E-state index in [1.165, 1.54) is 18.4 Å². The monoisotopic (exact) mass is 205 g/mol. The van der Waals surface area contributed by atoms with Crippen molar-refractivity contribution in [1.82, 2.24) is 5.32 Å². The first-order chi connectivity index (χ1) is 7.25. The number of rotatable bonds is 2. The first kappa shape index (κ1) is 10.5. The van der Waals surface area contributed by atoms with Crippen LogP contribution in [0.25, 0.3) is 0 Å². The predicted octanol–water partition coefficient (Wildman–Crippen LogP) is 2.24. The lowest BCUT2D eigenvalue weighted by molar-refractivity contribution is 0.366. The number of phenolic OH excluding ortho intramolecular Hbond substituents is 1. The number of aryl methyl sites for hydroxylation is 1. The molecule has 1 aliphatic rings. The molecular weight excluding hydrogens is 186 g/mol. The maximum atomic E-state index is 9.75. The Balaban J connectivity index is 2.05. The summed E-state index contributed by atoms with van der Waals surface area (Å²) in [7, 11) is 0. The molecule has 82 valence electrons. The van der Waals surface area contributed by atoms with Crippen LogP contribution in [0.5, 0.6) is 5.75 Å². The second kappa shape index (κ2) is 4.67. The minimum Gasteiger partial charge on any atom is -0.508 e. The molecule has 1 saturated heterocycles. The molecule has 0 aromatic heterocycles. The standard InChI is InChI=1S/C13H19NO/c1-10-2-3-13(15)12(8-10)9-11-4-6-14-7-5-11/h2-3,8,11,14-15H,4-7,9H2,1H3. The summed E-state index contributed by atoms with van der Waals surface area (Å²) in [6.07, 6.45) is 3.48. The van der Waals surface area contributed by atoms with Gasteiger partial charge < -0.3 is 10.4 Å². The van der Waals surface area contributed by atoms with Crippen LogP contribution >= 0.6 is 0 Å². The van der Waals surface area contributed by atoms with Crippen molar-refractivity contribution in [2.45, 2.75) is 26.2 Å². The Bertz CT molecular complexity index is 329. The molecule has 15 heavy (non-hydrogen) atoms. The van der Waals surface area contributed by atoms with E-state index in [2.05, 4.69) is 18.3 Å². The lowest BCUT2D eigenvalue weighted by atomic mass is 9.90. The molecule has 0 bridgehead atoms. The van der Waals surface area contributed by atoms with E-state index in [1.807, 2.05) is 12.1 Å². The molecule has 0 spiro atoms. The Morgan fingerprint density at radius 1 is 1.33 bits per heavy atom. The van der Waals surface area contributed by atoms with Gasteiger partial charge >= 0.3 is 0 Å². The van der Waals surface area contributed by atoms with Gasteiger partial charge in [0.1, 0.15) is 5.75 Å². The average molecular weight is 205 g/mol. The molecule has 0 atom stereocenters. The number of piperidine rings is 1. The summed E-state index contributed by atoms with van der Waals surface area (Å²) < 4.78 is 0. The molecule has 2 rings (SSSR count). The third-order valence-electron chi connectivity index (χ3n) is 3.20. The van der Waals surface area contributed by atoms with Gasteiger partial charge in [0.05, 0.1) is 0 Å². The zero-order chi connectivity index (χ0) is 10.7. The Labute approximate surface area is 91.3 Å². The lowest BCUT2D eigenvalue weighted by Crippen LogP contribution is -2.28. The van der Waals surface area contributed by atoms with Gasteiger partial charge in [-0.05, 0) is 56.8 Å². The molecule has 2 nitrogen and oxygen atoms in total. The Kier molecular flexibility index (Phi) is 3.27. The number of hydrogen-bond donors (Lipinski definition) is 2. The lowest BCUT2D eigenvalue weighted by Gasteiger charge is -2.23. The molecule has 0 aliphatic carbocycles. The zero-order valence-corrected chi connectivity index (χ0v) is 9.29. The first-order valence-electron chi connectivity index (χ1n) is 5.75. The summed E-state index contributed by atoms with van der Waals surface area (Å²) in [6.45, 7) is 4.32. The summed E-state index contributed by atoms with van der Waals surface area (Å²) in [5, 5.41) is 13.1. The summed E-state index contributed by atoms with van der Waals surface area (Å²) in [4.78, 5) is 0. The molecule has 2 heteroatoms. The van der Waals surface area contributed by atoms with Crippen LogP contribution in [0.4, 0.5) is 0 Å². The van der Waals surface area contributed by atoms with E-state index in [0.29, 0.717) is 5.75 Å². The van der Waals surface area contributed by atoms with Crippen molar-refractivity contribution in [3.8, 4) is 5.75 Å². The van der Waals surface area contributed by atoms with Crippen LogP contribution in [-0.2, 0) is 6.42 Å². The van der Waals surface area contributed by atoms with Gasteiger partial charge in [0, 0.05) is 0 Å². The second-order valence-corrected chi connectivity index (χ2v) is 4.53. The molecule has 1 fully saturated rings. The highest BCUT2D eigenvalue weighted by Crippen LogP contribution is 2.25. The highest BCUT2D eigenvalue weighted by atomic mass is 16.3. The Morgan fingerprint density at radius 2 is 2.07 bits per heavy atom. The van der Waals surface area contributed by atoms with E-state index in [9.17, 15) is 5.11 Å². The maximum absolute atomic E-state index is 9.75. The number of phenols is 1. The molecule has 1 aromatic rings. The summed E-state index contributed by atoms with van der Waals surface area (Å²) in [5.74, 6) is 1.19. The molecule has 0 amide bonds. The van der Waals surface area contributed by atoms with Gasteiger partial charge in [0.25, 0.3) is 0 Å². The normalized spacial score (nSPS) is 17.9. The highest BCUT2D eigenvalue weighted by Gasteiger charge is 2.15. The van der Waals surface area contributed by atoms with E-state index in [0.717, 1.165) is 31.0 Å². The fourth-order valence-electron chi connectivity index (χ4n) is 2.27. The van der Waals surface area contributed by atoms with Crippen LogP contribution < -0.4 is 5.32 Å². The van der Waals surface area contributed by atoms with Crippen LogP contribution in [0.1, 0.15) is 24.0 Å². The molecule has 1 heterocycles. The SMILES string of the molecule is Cc1ccc(O)c(CC2CCNCC2)c1. The highest BCUT2D eigenvalue weighted by molar-refractivity contribution is 5.35. The largest absolute Gasteiger partial charge is 0.508 e. The minimum absolute atomic E-state index is 0.458. The van der Waals surface area contributed by atoms with Crippen LogP contribution in [0, 0.1) is 12.8 Å². The van der Waals surface area contributed by atoms with Gasteiger partial charge in [-0.1, -0.05) is 17.7 Å². The molecule has 0 radical (unpaired) electrons. The van der Waals surface area contributed by atoms with E-state index < -0.39 is 0 Å². The van der Waals surface area contributed by atoms with Crippen molar-refractivity contribution >= 4 is 0 Å². The van der Waals surface area contributed by atoms with Crippen molar-refractivity contribution in [1.29, 1.82) is 0 Å². The van der Waals surface area contributed by atoms with Gasteiger partial charge in [-0.2, -0.15) is 0 Å². The minimum atomic E-state index is 0.458. The van der Waals surface area contributed by atoms with Crippen molar-refractivity contribution in [3.05, 3.63) is 29.3 Å². The molecule has 1 aliphatic heterocycles. The number of hydrogen-bond acceptors (Lipinski definition) is 2. The second-order valence-electron chi connectivity index (χ2n) is 4.53. The number of benzene rings is 1. The molecule has 2 N–H and O–H groups in total. The molecule has 0 saturated carbocycles. The number of aromatic hydroxyl groups is 1. The van der Waals surface area contributed by atoms with Crippen LogP contribution in [0.3, 0.4) is 0 Å². The molecular formula is C13H19NO. The van der Waals surface area contributed by atoms with Gasteiger partial charge in [-0.25, -0.2) is 0 Å². The van der Waals surface area contributed by atoms with Gasteiger partial charge in [0.15, 0.2) is 0 Å². The Morgan fingerprint density at radius 3 is 2.80 bits per heavy atom. The van der Waals surface area contributed by atoms with Gasteiger partial charge in [-0.3, -0.25) is 0 Å². The maximum Gasteiger partial charge on any atom is 0.118 e. The van der Waals surface area contributed by atoms with E-state index in [-0.39, 0.29) is 0 Å². The molecule has 0 unspecified atom stereocenters. The van der Waals surface area contributed by atoms with Crippen LogP contribution in [0.15, 0.2) is 18.2 Å². The van der Waals surface area contributed by atoms with Crippen molar-refractivity contribution in [3.63, 3.8) is 0 Å². The third-order valence-corrected chi connectivity index (χ3v) is 3.20. The smallest absolute Gasteiger partial charge is 0.118 e. The average Bonchev–Trinajstić information content (AvgIpc) is 2.25. The zero-order valence-electron chi connectivity index (χ0n) is 9.29. The van der Waals surface area contributed by atoms with Crippen molar-refractivity contribution < 1.29 is 5.11 Å². The van der Waals surface area contributed by atoms with E-state index in [4.69, 9.17) is 0 Å². The van der Waals surface area contributed by atoms with E-state index >= 15 is 0 Å².